The van der Waals surface area contributed by atoms with Gasteiger partial charge in [-0.1, -0.05) is 60.7 Å². The number of halogens is 1. The quantitative estimate of drug-likeness (QED) is 0.286. The van der Waals surface area contributed by atoms with Crippen molar-refractivity contribution in [1.29, 1.82) is 0 Å². The lowest BCUT2D eigenvalue weighted by atomic mass is 9.93. The maximum Gasteiger partial charge on any atom is 0.307 e. The number of aromatic nitrogens is 3. The fourth-order valence-corrected chi connectivity index (χ4v) is 6.03. The number of carboxylic acid groups (broad SMARTS) is 1. The summed E-state index contributed by atoms with van der Waals surface area (Å²) in [6.07, 6.45) is 1.30. The molecule has 204 valence electrons. The first-order valence-electron chi connectivity index (χ1n) is 13.8. The van der Waals surface area contributed by atoms with Gasteiger partial charge in [0.2, 0.25) is 0 Å². The van der Waals surface area contributed by atoms with Gasteiger partial charge in [0.25, 0.3) is 5.91 Å². The number of aliphatic carboxylic acids is 1. The summed E-state index contributed by atoms with van der Waals surface area (Å²) in [6.45, 7) is 2.63. The monoisotopic (exact) mass is 546 g/mol. The summed E-state index contributed by atoms with van der Waals surface area (Å²) >= 11 is 0. The lowest BCUT2D eigenvalue weighted by Gasteiger charge is -2.35. The summed E-state index contributed by atoms with van der Waals surface area (Å²) in [6, 6.07) is 26.0. The van der Waals surface area contributed by atoms with Crippen LogP contribution in [0.3, 0.4) is 0 Å². The van der Waals surface area contributed by atoms with Crippen LogP contribution in [0.1, 0.15) is 52.5 Å². The molecule has 1 aliphatic heterocycles. The number of carbonyl (C=O) groups is 2. The zero-order valence-corrected chi connectivity index (χ0v) is 22.4. The van der Waals surface area contributed by atoms with Gasteiger partial charge in [-0.05, 0) is 60.6 Å². The summed E-state index contributed by atoms with van der Waals surface area (Å²) in [4.78, 5) is 31.7. The van der Waals surface area contributed by atoms with Crippen LogP contribution in [0.25, 0.3) is 28.2 Å². The van der Waals surface area contributed by atoms with Gasteiger partial charge >= 0.3 is 5.97 Å². The molecule has 0 saturated heterocycles. The summed E-state index contributed by atoms with van der Waals surface area (Å²) < 4.78 is 17.0. The maximum atomic E-state index is 15.3. The van der Waals surface area contributed by atoms with Gasteiger partial charge in [-0.25, -0.2) is 13.9 Å². The molecule has 7 nitrogen and oxygen atoms in total. The van der Waals surface area contributed by atoms with Gasteiger partial charge in [0, 0.05) is 23.7 Å². The number of benzene rings is 3. The standard InChI is InChI=1S/C33H27FN4O3/c1-19-23-10-6-5-7-20(23)13-14-37(19)32(39)29-17-30(21-8-3-2-4-9-21)38-31(35-29)18-28(36-38)24-12-11-22(15-27(24)34)25-16-26(25)33(40)41/h2-12,15,17-19,25-26H,13-14,16H2,1H3,(H,40,41)/t19-,25?,26-/m1/s1. The van der Waals surface area contributed by atoms with E-state index in [0.29, 0.717) is 46.8 Å². The smallest absolute Gasteiger partial charge is 0.307 e. The van der Waals surface area contributed by atoms with Crippen LogP contribution in [0.4, 0.5) is 4.39 Å². The second-order valence-electron chi connectivity index (χ2n) is 10.8. The van der Waals surface area contributed by atoms with E-state index >= 15 is 4.39 Å². The summed E-state index contributed by atoms with van der Waals surface area (Å²) in [7, 11) is 0. The zero-order chi connectivity index (χ0) is 28.2. The molecule has 1 unspecified atom stereocenters. The second kappa shape index (κ2) is 9.66. The van der Waals surface area contributed by atoms with Crippen LogP contribution in [0.2, 0.25) is 0 Å². The van der Waals surface area contributed by atoms with Gasteiger partial charge in [-0.2, -0.15) is 5.10 Å². The molecule has 0 radical (unpaired) electrons. The molecule has 3 heterocycles. The van der Waals surface area contributed by atoms with E-state index in [9.17, 15) is 14.7 Å². The Morgan fingerprint density at radius 1 is 0.976 bits per heavy atom. The van der Waals surface area contributed by atoms with Gasteiger partial charge in [-0.15, -0.1) is 0 Å². The van der Waals surface area contributed by atoms with Crippen molar-refractivity contribution in [2.45, 2.75) is 31.7 Å². The molecule has 1 amide bonds. The highest BCUT2D eigenvalue weighted by Crippen LogP contribution is 2.48. The largest absolute Gasteiger partial charge is 0.481 e. The van der Waals surface area contributed by atoms with E-state index in [1.807, 2.05) is 54.3 Å². The van der Waals surface area contributed by atoms with Crippen molar-refractivity contribution in [2.75, 3.05) is 6.54 Å². The molecule has 3 atom stereocenters. The summed E-state index contributed by atoms with van der Waals surface area (Å²) in [5.41, 5.74) is 6.02. The Kier molecular flexibility index (Phi) is 5.92. The molecule has 1 saturated carbocycles. The molecule has 0 spiro atoms. The molecule has 41 heavy (non-hydrogen) atoms. The molecule has 1 aliphatic carbocycles. The second-order valence-corrected chi connectivity index (χ2v) is 10.8. The van der Waals surface area contributed by atoms with E-state index in [2.05, 4.69) is 12.1 Å². The lowest BCUT2D eigenvalue weighted by Crippen LogP contribution is -2.39. The van der Waals surface area contributed by atoms with Gasteiger partial charge < -0.3 is 10.0 Å². The van der Waals surface area contributed by atoms with E-state index in [1.165, 1.54) is 11.6 Å². The van der Waals surface area contributed by atoms with Crippen molar-refractivity contribution in [3.05, 3.63) is 113 Å². The van der Waals surface area contributed by atoms with Crippen LogP contribution < -0.4 is 0 Å². The van der Waals surface area contributed by atoms with Crippen LogP contribution in [0.5, 0.6) is 0 Å². The Balaban J connectivity index is 1.29. The van der Waals surface area contributed by atoms with Crippen LogP contribution in [0.15, 0.2) is 84.9 Å². The first kappa shape index (κ1) is 25.1. The average Bonchev–Trinajstić information content (AvgIpc) is 3.69. The molecule has 2 aliphatic rings. The zero-order valence-electron chi connectivity index (χ0n) is 22.4. The first-order valence-corrected chi connectivity index (χ1v) is 13.8. The Hall–Kier alpha value is -4.85. The van der Waals surface area contributed by atoms with Gasteiger partial charge in [0.15, 0.2) is 5.65 Å². The minimum Gasteiger partial charge on any atom is -0.481 e. The fourth-order valence-electron chi connectivity index (χ4n) is 6.03. The SMILES string of the molecule is C[C@@H]1c2ccccc2CCN1C(=O)c1cc(-c2ccccc2)n2nc(-c3ccc(C4C[C@H]4C(=O)O)cc3F)cc2n1. The van der Waals surface area contributed by atoms with E-state index in [-0.39, 0.29) is 17.9 Å². The molecular formula is C33H27FN4O3. The minimum absolute atomic E-state index is 0.0917. The van der Waals surface area contributed by atoms with Crippen molar-refractivity contribution in [3.8, 4) is 22.5 Å². The predicted octanol–water partition coefficient (Wildman–Crippen LogP) is 6.15. The third-order valence-electron chi connectivity index (χ3n) is 8.38. The van der Waals surface area contributed by atoms with E-state index in [0.717, 1.165) is 17.5 Å². The molecule has 5 aromatic rings. The first-order chi connectivity index (χ1) is 19.9. The van der Waals surface area contributed by atoms with Crippen molar-refractivity contribution in [2.24, 2.45) is 5.92 Å². The number of carboxylic acids is 1. The number of hydrogen-bond acceptors (Lipinski definition) is 4. The third-order valence-corrected chi connectivity index (χ3v) is 8.38. The van der Waals surface area contributed by atoms with Crippen molar-refractivity contribution in [1.82, 2.24) is 19.5 Å². The van der Waals surface area contributed by atoms with Crippen molar-refractivity contribution in [3.63, 3.8) is 0 Å². The van der Waals surface area contributed by atoms with E-state index in [1.54, 1.807) is 28.8 Å². The van der Waals surface area contributed by atoms with Crippen LogP contribution in [0, 0.1) is 11.7 Å². The Labute approximate surface area is 235 Å². The normalized spacial score (nSPS) is 19.7. The lowest BCUT2D eigenvalue weighted by molar-refractivity contribution is -0.138. The highest BCUT2D eigenvalue weighted by atomic mass is 19.1. The Morgan fingerprint density at radius 3 is 2.51 bits per heavy atom. The molecule has 1 fully saturated rings. The van der Waals surface area contributed by atoms with E-state index in [4.69, 9.17) is 10.1 Å². The van der Waals surface area contributed by atoms with Gasteiger partial charge in [-0.3, -0.25) is 9.59 Å². The highest BCUT2D eigenvalue weighted by molar-refractivity contribution is 5.94. The predicted molar refractivity (Wildman–Crippen MR) is 152 cm³/mol. The third kappa shape index (κ3) is 4.36. The number of amides is 1. The Bertz CT molecular complexity index is 1830. The Morgan fingerprint density at radius 2 is 1.76 bits per heavy atom. The average molecular weight is 547 g/mol. The minimum atomic E-state index is -0.854. The van der Waals surface area contributed by atoms with Crippen LogP contribution >= 0.6 is 0 Å². The number of fused-ring (bicyclic) bond motifs is 2. The van der Waals surface area contributed by atoms with Gasteiger partial charge in [0.1, 0.15) is 11.5 Å². The number of carbonyl (C=O) groups excluding carboxylic acids is 1. The number of nitrogens with zero attached hydrogens (tertiary/aromatic N) is 4. The number of rotatable bonds is 5. The molecular weight excluding hydrogens is 519 g/mol. The maximum absolute atomic E-state index is 15.3. The molecule has 2 aromatic heterocycles. The fraction of sp³-hybridized carbons (Fsp3) is 0.212. The summed E-state index contributed by atoms with van der Waals surface area (Å²) in [5, 5.41) is 14.0. The molecule has 1 N–H and O–H groups in total. The molecule has 8 heteroatoms. The van der Waals surface area contributed by atoms with Crippen LogP contribution in [-0.4, -0.2) is 43.0 Å². The topological polar surface area (TPSA) is 87.8 Å². The van der Waals surface area contributed by atoms with Crippen molar-refractivity contribution >= 4 is 17.5 Å². The molecule has 7 rings (SSSR count). The van der Waals surface area contributed by atoms with Crippen molar-refractivity contribution < 1.29 is 19.1 Å². The highest BCUT2D eigenvalue weighted by Gasteiger charge is 2.44. The summed E-state index contributed by atoms with van der Waals surface area (Å²) in [5.74, 6) is -2.11. The van der Waals surface area contributed by atoms with Gasteiger partial charge in [0.05, 0.1) is 23.3 Å². The van der Waals surface area contributed by atoms with Crippen LogP contribution in [-0.2, 0) is 11.2 Å². The van der Waals surface area contributed by atoms with E-state index < -0.39 is 17.7 Å². The number of hydrogen-bond donors (Lipinski definition) is 1. The molecule has 0 bridgehead atoms. The molecule has 3 aromatic carbocycles.